The lowest BCUT2D eigenvalue weighted by molar-refractivity contribution is 0.395. The van der Waals surface area contributed by atoms with Gasteiger partial charge in [-0.3, -0.25) is 0 Å². The molecule has 0 aliphatic heterocycles. The minimum Gasteiger partial charge on any atom is -0.375 e. The SMILES string of the molecule is CCC(=S)ONc1ccccc1. The topological polar surface area (TPSA) is 21.3 Å². The normalized spacial score (nSPS) is 9.08. The van der Waals surface area contributed by atoms with Gasteiger partial charge < -0.3 is 4.84 Å². The van der Waals surface area contributed by atoms with Crippen LogP contribution >= 0.6 is 12.2 Å². The molecule has 0 fully saturated rings. The molecular formula is C9H11NOS. The van der Waals surface area contributed by atoms with Crippen LogP contribution in [0.15, 0.2) is 30.3 Å². The molecule has 1 aromatic rings. The number of hydrogen-bond acceptors (Lipinski definition) is 3. The minimum atomic E-state index is 0.568. The van der Waals surface area contributed by atoms with E-state index in [2.05, 4.69) is 5.48 Å². The Morgan fingerprint density at radius 1 is 1.42 bits per heavy atom. The summed E-state index contributed by atoms with van der Waals surface area (Å²) in [6.45, 7) is 1.95. The predicted octanol–water partition coefficient (Wildman–Crippen LogP) is 2.77. The smallest absolute Gasteiger partial charge is 0.194 e. The van der Waals surface area contributed by atoms with Gasteiger partial charge >= 0.3 is 0 Å². The van der Waals surface area contributed by atoms with Gasteiger partial charge in [-0.1, -0.05) is 25.1 Å². The Balaban J connectivity index is 2.38. The Labute approximate surface area is 77.5 Å². The van der Waals surface area contributed by atoms with E-state index in [9.17, 15) is 0 Å². The highest BCUT2D eigenvalue weighted by Crippen LogP contribution is 2.05. The lowest BCUT2D eigenvalue weighted by Crippen LogP contribution is -2.06. The molecule has 0 radical (unpaired) electrons. The number of rotatable bonds is 3. The Morgan fingerprint density at radius 3 is 2.67 bits per heavy atom. The molecule has 0 atom stereocenters. The van der Waals surface area contributed by atoms with E-state index in [-0.39, 0.29) is 0 Å². The molecule has 0 spiro atoms. The second kappa shape index (κ2) is 4.72. The molecule has 0 amide bonds. The third-order valence-electron chi connectivity index (χ3n) is 1.35. The van der Waals surface area contributed by atoms with E-state index in [0.29, 0.717) is 5.05 Å². The Bertz CT molecular complexity index is 248. The second-order valence-corrected chi connectivity index (χ2v) is 2.75. The van der Waals surface area contributed by atoms with Crippen molar-refractivity contribution >= 4 is 23.0 Å². The highest BCUT2D eigenvalue weighted by atomic mass is 32.1. The molecule has 0 aromatic heterocycles. The lowest BCUT2D eigenvalue weighted by Gasteiger charge is -2.06. The second-order valence-electron chi connectivity index (χ2n) is 2.30. The molecule has 2 nitrogen and oxygen atoms in total. The van der Waals surface area contributed by atoms with Gasteiger partial charge in [-0.05, 0) is 24.4 Å². The van der Waals surface area contributed by atoms with Gasteiger partial charge in [0.25, 0.3) is 0 Å². The average Bonchev–Trinajstić information content (AvgIpc) is 2.16. The summed E-state index contributed by atoms with van der Waals surface area (Å²) in [7, 11) is 0. The third-order valence-corrected chi connectivity index (χ3v) is 1.72. The van der Waals surface area contributed by atoms with Crippen LogP contribution in [-0.2, 0) is 4.84 Å². The number of para-hydroxylation sites is 1. The lowest BCUT2D eigenvalue weighted by atomic mass is 10.3. The zero-order chi connectivity index (χ0) is 8.81. The summed E-state index contributed by atoms with van der Waals surface area (Å²) in [5.74, 6) is 0. The standard InChI is InChI=1S/C9H11NOS/c1-2-9(12)11-10-8-6-4-3-5-7-8/h3-7,10H,2H2,1H3. The summed E-state index contributed by atoms with van der Waals surface area (Å²) in [4.78, 5) is 5.06. The largest absolute Gasteiger partial charge is 0.375 e. The molecule has 0 aliphatic carbocycles. The zero-order valence-electron chi connectivity index (χ0n) is 6.91. The van der Waals surface area contributed by atoms with Crippen LogP contribution in [0.1, 0.15) is 13.3 Å². The van der Waals surface area contributed by atoms with Crippen molar-refractivity contribution in [2.45, 2.75) is 13.3 Å². The number of nitrogens with one attached hydrogen (secondary N) is 1. The first kappa shape index (κ1) is 9.00. The molecule has 0 unspecified atom stereocenters. The molecule has 1 rings (SSSR count). The van der Waals surface area contributed by atoms with Crippen LogP contribution in [0.5, 0.6) is 0 Å². The van der Waals surface area contributed by atoms with E-state index in [1.807, 2.05) is 37.3 Å². The number of hydrogen-bond donors (Lipinski definition) is 1. The maximum Gasteiger partial charge on any atom is 0.194 e. The van der Waals surface area contributed by atoms with Crippen molar-refractivity contribution in [2.24, 2.45) is 0 Å². The van der Waals surface area contributed by atoms with E-state index < -0.39 is 0 Å². The van der Waals surface area contributed by atoms with Gasteiger partial charge in [0.15, 0.2) is 5.05 Å². The molecule has 64 valence electrons. The molecule has 0 bridgehead atoms. The molecule has 0 aliphatic rings. The van der Waals surface area contributed by atoms with Crippen LogP contribution in [0.3, 0.4) is 0 Å². The van der Waals surface area contributed by atoms with Gasteiger partial charge in [0, 0.05) is 6.42 Å². The Kier molecular flexibility index (Phi) is 3.54. The van der Waals surface area contributed by atoms with Crippen molar-refractivity contribution < 1.29 is 4.84 Å². The molecule has 0 saturated heterocycles. The first-order chi connectivity index (χ1) is 5.83. The summed E-state index contributed by atoms with van der Waals surface area (Å²) in [6, 6.07) is 9.64. The van der Waals surface area contributed by atoms with E-state index in [4.69, 9.17) is 17.1 Å². The Morgan fingerprint density at radius 2 is 2.08 bits per heavy atom. The van der Waals surface area contributed by atoms with Crippen LogP contribution in [0.4, 0.5) is 5.69 Å². The first-order valence-corrected chi connectivity index (χ1v) is 4.24. The van der Waals surface area contributed by atoms with Gasteiger partial charge in [0.1, 0.15) is 0 Å². The van der Waals surface area contributed by atoms with Crippen LogP contribution < -0.4 is 5.48 Å². The Hall–Kier alpha value is -1.09. The van der Waals surface area contributed by atoms with Crippen LogP contribution in [-0.4, -0.2) is 5.05 Å². The van der Waals surface area contributed by atoms with Gasteiger partial charge in [0.2, 0.25) is 0 Å². The molecule has 3 heteroatoms. The van der Waals surface area contributed by atoms with Crippen molar-refractivity contribution in [3.05, 3.63) is 30.3 Å². The van der Waals surface area contributed by atoms with Gasteiger partial charge in [-0.15, -0.1) is 0 Å². The summed E-state index contributed by atoms with van der Waals surface area (Å²) in [5.41, 5.74) is 3.66. The highest BCUT2D eigenvalue weighted by molar-refractivity contribution is 7.80. The summed E-state index contributed by atoms with van der Waals surface area (Å²) in [5, 5.41) is 0.568. The van der Waals surface area contributed by atoms with Crippen molar-refractivity contribution in [1.29, 1.82) is 0 Å². The van der Waals surface area contributed by atoms with Gasteiger partial charge in [0.05, 0.1) is 5.69 Å². The number of benzene rings is 1. The minimum absolute atomic E-state index is 0.568. The maximum atomic E-state index is 5.06. The van der Waals surface area contributed by atoms with Crippen LogP contribution in [0, 0.1) is 0 Å². The fourth-order valence-corrected chi connectivity index (χ4v) is 0.736. The molecule has 0 saturated carbocycles. The molecule has 12 heavy (non-hydrogen) atoms. The van der Waals surface area contributed by atoms with Crippen molar-refractivity contribution in [3.8, 4) is 0 Å². The first-order valence-electron chi connectivity index (χ1n) is 3.83. The van der Waals surface area contributed by atoms with Crippen LogP contribution in [0.2, 0.25) is 0 Å². The van der Waals surface area contributed by atoms with E-state index in [0.717, 1.165) is 12.1 Å². The third kappa shape index (κ3) is 2.88. The van der Waals surface area contributed by atoms with E-state index in [1.165, 1.54) is 0 Å². The summed E-state index contributed by atoms with van der Waals surface area (Å²) in [6.07, 6.45) is 0.745. The monoisotopic (exact) mass is 181 g/mol. The van der Waals surface area contributed by atoms with Crippen LogP contribution in [0.25, 0.3) is 0 Å². The summed E-state index contributed by atoms with van der Waals surface area (Å²) < 4.78 is 0. The van der Waals surface area contributed by atoms with Gasteiger partial charge in [-0.25, -0.2) is 5.48 Å². The van der Waals surface area contributed by atoms with E-state index >= 15 is 0 Å². The zero-order valence-corrected chi connectivity index (χ0v) is 7.73. The summed E-state index contributed by atoms with van der Waals surface area (Å²) >= 11 is 4.87. The molecule has 1 aromatic carbocycles. The highest BCUT2D eigenvalue weighted by Gasteiger charge is 1.92. The molecular weight excluding hydrogens is 170 g/mol. The van der Waals surface area contributed by atoms with Crippen molar-refractivity contribution in [3.63, 3.8) is 0 Å². The quantitative estimate of drug-likeness (QED) is 0.572. The number of anilines is 1. The van der Waals surface area contributed by atoms with E-state index in [1.54, 1.807) is 0 Å². The number of thiocarbonyl (C=S) groups is 1. The predicted molar refractivity (Wildman–Crippen MR) is 54.0 cm³/mol. The van der Waals surface area contributed by atoms with Crippen molar-refractivity contribution in [2.75, 3.05) is 5.48 Å². The fourth-order valence-electron chi connectivity index (χ4n) is 0.694. The van der Waals surface area contributed by atoms with Crippen molar-refractivity contribution in [1.82, 2.24) is 0 Å². The average molecular weight is 181 g/mol. The maximum absolute atomic E-state index is 5.06. The molecule has 0 heterocycles. The molecule has 1 N–H and O–H groups in total. The fraction of sp³-hybridized carbons (Fsp3) is 0.222. The van der Waals surface area contributed by atoms with Gasteiger partial charge in [-0.2, -0.15) is 0 Å².